The molecule has 0 amide bonds. The van der Waals surface area contributed by atoms with Crippen molar-refractivity contribution in [2.45, 2.75) is 5.03 Å². The molecule has 0 bridgehead atoms. The van der Waals surface area contributed by atoms with Gasteiger partial charge < -0.3 is 0 Å². The van der Waals surface area contributed by atoms with E-state index in [0.717, 1.165) is 12.3 Å². The van der Waals surface area contributed by atoms with Crippen LogP contribution in [-0.4, -0.2) is 19.7 Å². The van der Waals surface area contributed by atoms with Gasteiger partial charge in [-0.05, 0) is 24.3 Å². The Hall–Kier alpha value is -2.28. The van der Waals surface area contributed by atoms with Gasteiger partial charge in [0.15, 0.2) is 11.3 Å². The molecule has 2 aromatic rings. The van der Waals surface area contributed by atoms with Gasteiger partial charge in [0.25, 0.3) is 10.0 Å². The second-order valence-electron chi connectivity index (χ2n) is 3.63. The average molecular weight is 280 g/mol. The van der Waals surface area contributed by atoms with Crippen molar-refractivity contribution in [3.63, 3.8) is 0 Å². The molecule has 0 radical (unpaired) electrons. The number of halogens is 1. The molecule has 0 aliphatic heterocycles. The lowest BCUT2D eigenvalue weighted by molar-refractivity contribution is 0.112. The highest BCUT2D eigenvalue weighted by Gasteiger charge is 2.17. The molecule has 1 aromatic heterocycles. The Kier molecular flexibility index (Phi) is 3.57. The first kappa shape index (κ1) is 13.2. The molecule has 5 nitrogen and oxygen atoms in total. The van der Waals surface area contributed by atoms with Gasteiger partial charge in [0.1, 0.15) is 5.82 Å². The standard InChI is InChI=1S/C12H9FN2O3S/c13-10-3-1-2-4-11(10)15-19(17,18)12-6-5-9(8-16)7-14-12/h1-8,15H. The van der Waals surface area contributed by atoms with Crippen LogP contribution < -0.4 is 4.72 Å². The maximum absolute atomic E-state index is 13.4. The lowest BCUT2D eigenvalue weighted by Gasteiger charge is -2.07. The molecule has 98 valence electrons. The number of hydrogen-bond donors (Lipinski definition) is 1. The molecule has 0 aliphatic rings. The molecular formula is C12H9FN2O3S. The van der Waals surface area contributed by atoms with E-state index in [9.17, 15) is 17.6 Å². The number of aromatic nitrogens is 1. The van der Waals surface area contributed by atoms with Crippen LogP contribution in [0, 0.1) is 5.82 Å². The smallest absolute Gasteiger partial charge is 0.279 e. The van der Waals surface area contributed by atoms with Gasteiger partial charge in [0.05, 0.1) is 5.69 Å². The average Bonchev–Trinajstić information content (AvgIpc) is 2.41. The van der Waals surface area contributed by atoms with Crippen molar-refractivity contribution in [1.29, 1.82) is 0 Å². The van der Waals surface area contributed by atoms with E-state index in [1.807, 2.05) is 0 Å². The lowest BCUT2D eigenvalue weighted by Crippen LogP contribution is -2.15. The molecule has 0 fully saturated rings. The third-order valence-corrected chi connectivity index (χ3v) is 3.57. The molecule has 0 aliphatic carbocycles. The van der Waals surface area contributed by atoms with Gasteiger partial charge in [-0.1, -0.05) is 12.1 Å². The highest BCUT2D eigenvalue weighted by Crippen LogP contribution is 2.17. The van der Waals surface area contributed by atoms with E-state index in [1.54, 1.807) is 0 Å². The summed E-state index contributed by atoms with van der Waals surface area (Å²) in [7, 11) is -3.98. The van der Waals surface area contributed by atoms with Crippen LogP contribution in [0.5, 0.6) is 0 Å². The molecule has 0 atom stereocenters. The van der Waals surface area contributed by atoms with E-state index in [-0.39, 0.29) is 16.3 Å². The number of benzene rings is 1. The molecular weight excluding hydrogens is 271 g/mol. The number of para-hydroxylation sites is 1. The number of anilines is 1. The fourth-order valence-electron chi connectivity index (χ4n) is 1.36. The van der Waals surface area contributed by atoms with Crippen molar-refractivity contribution in [1.82, 2.24) is 4.98 Å². The number of hydrogen-bond acceptors (Lipinski definition) is 4. The Bertz CT molecular complexity index is 699. The Labute approximate surface area is 109 Å². The van der Waals surface area contributed by atoms with Gasteiger partial charge in [-0.15, -0.1) is 0 Å². The number of sulfonamides is 1. The number of pyridine rings is 1. The quantitative estimate of drug-likeness (QED) is 0.867. The van der Waals surface area contributed by atoms with Crippen LogP contribution in [-0.2, 0) is 10.0 Å². The van der Waals surface area contributed by atoms with Crippen molar-refractivity contribution >= 4 is 22.0 Å². The predicted molar refractivity (Wildman–Crippen MR) is 66.8 cm³/mol. The number of aldehydes is 1. The maximum atomic E-state index is 13.4. The SMILES string of the molecule is O=Cc1ccc(S(=O)(=O)Nc2ccccc2F)nc1. The summed E-state index contributed by atoms with van der Waals surface area (Å²) < 4.78 is 39.3. The Morgan fingerprint density at radius 2 is 1.89 bits per heavy atom. The van der Waals surface area contributed by atoms with Crippen LogP contribution in [0.4, 0.5) is 10.1 Å². The number of carbonyl (C=O) groups is 1. The van der Waals surface area contributed by atoms with Gasteiger partial charge in [0.2, 0.25) is 0 Å². The summed E-state index contributed by atoms with van der Waals surface area (Å²) in [6.07, 6.45) is 1.68. The van der Waals surface area contributed by atoms with E-state index >= 15 is 0 Å². The van der Waals surface area contributed by atoms with E-state index in [0.29, 0.717) is 6.29 Å². The van der Waals surface area contributed by atoms with Gasteiger partial charge >= 0.3 is 0 Å². The van der Waals surface area contributed by atoms with Gasteiger partial charge in [-0.3, -0.25) is 9.52 Å². The molecule has 1 N–H and O–H groups in total. The summed E-state index contributed by atoms with van der Waals surface area (Å²) in [4.78, 5) is 14.1. The summed E-state index contributed by atoms with van der Waals surface area (Å²) in [6.45, 7) is 0. The van der Waals surface area contributed by atoms with Gasteiger partial charge in [0, 0.05) is 11.8 Å². The van der Waals surface area contributed by atoms with Gasteiger partial charge in [-0.25, -0.2) is 9.37 Å². The first-order valence-corrected chi connectivity index (χ1v) is 6.70. The highest BCUT2D eigenvalue weighted by atomic mass is 32.2. The molecule has 19 heavy (non-hydrogen) atoms. The van der Waals surface area contributed by atoms with Crippen LogP contribution in [0.2, 0.25) is 0 Å². The lowest BCUT2D eigenvalue weighted by atomic mass is 10.3. The van der Waals surface area contributed by atoms with Crippen molar-refractivity contribution in [3.05, 3.63) is 54.0 Å². The third-order valence-electron chi connectivity index (χ3n) is 2.29. The van der Waals surface area contributed by atoms with Crippen molar-refractivity contribution in [3.8, 4) is 0 Å². The molecule has 0 unspecified atom stereocenters. The zero-order valence-electron chi connectivity index (χ0n) is 9.58. The maximum Gasteiger partial charge on any atom is 0.279 e. The second kappa shape index (κ2) is 5.15. The minimum absolute atomic E-state index is 0.163. The minimum Gasteiger partial charge on any atom is -0.298 e. The molecule has 0 saturated carbocycles. The molecule has 2 rings (SSSR count). The summed E-state index contributed by atoms with van der Waals surface area (Å²) in [5, 5.41) is -0.290. The Morgan fingerprint density at radius 1 is 1.16 bits per heavy atom. The van der Waals surface area contributed by atoms with Crippen LogP contribution in [0.15, 0.2) is 47.6 Å². The first-order valence-electron chi connectivity index (χ1n) is 5.21. The van der Waals surface area contributed by atoms with E-state index in [2.05, 4.69) is 9.71 Å². The topological polar surface area (TPSA) is 76.1 Å². The molecule has 0 saturated heterocycles. The predicted octanol–water partition coefficient (Wildman–Crippen LogP) is 1.83. The normalized spacial score (nSPS) is 11.0. The van der Waals surface area contributed by atoms with Crippen LogP contribution >= 0.6 is 0 Å². The molecule has 0 spiro atoms. The van der Waals surface area contributed by atoms with Crippen LogP contribution in [0.25, 0.3) is 0 Å². The second-order valence-corrected chi connectivity index (χ2v) is 5.26. The third kappa shape index (κ3) is 2.94. The zero-order chi connectivity index (χ0) is 13.9. The minimum atomic E-state index is -3.98. The van der Waals surface area contributed by atoms with E-state index < -0.39 is 15.8 Å². The van der Waals surface area contributed by atoms with Crippen molar-refractivity contribution < 1.29 is 17.6 Å². The van der Waals surface area contributed by atoms with Crippen molar-refractivity contribution in [2.24, 2.45) is 0 Å². The number of nitrogens with one attached hydrogen (secondary N) is 1. The fraction of sp³-hybridized carbons (Fsp3) is 0. The highest BCUT2D eigenvalue weighted by molar-refractivity contribution is 7.92. The first-order chi connectivity index (χ1) is 9.03. The molecule has 1 heterocycles. The zero-order valence-corrected chi connectivity index (χ0v) is 10.4. The number of rotatable bonds is 4. The summed E-state index contributed by atoms with van der Waals surface area (Å²) in [5.41, 5.74) is 0.0913. The van der Waals surface area contributed by atoms with Crippen LogP contribution in [0.3, 0.4) is 0 Å². The monoisotopic (exact) mass is 280 g/mol. The number of nitrogens with zero attached hydrogens (tertiary/aromatic N) is 1. The molecule has 7 heteroatoms. The van der Waals surface area contributed by atoms with Crippen molar-refractivity contribution in [2.75, 3.05) is 4.72 Å². The Balaban J connectivity index is 2.32. The van der Waals surface area contributed by atoms with E-state index in [4.69, 9.17) is 0 Å². The molecule has 1 aromatic carbocycles. The number of carbonyl (C=O) groups excluding carboxylic acids is 1. The summed E-state index contributed by atoms with van der Waals surface area (Å²) in [6, 6.07) is 7.88. The van der Waals surface area contributed by atoms with Crippen LogP contribution in [0.1, 0.15) is 10.4 Å². The van der Waals surface area contributed by atoms with E-state index in [1.165, 1.54) is 30.3 Å². The van der Waals surface area contributed by atoms with Gasteiger partial charge in [-0.2, -0.15) is 8.42 Å². The Morgan fingerprint density at radius 3 is 2.47 bits per heavy atom. The largest absolute Gasteiger partial charge is 0.298 e. The fourth-order valence-corrected chi connectivity index (χ4v) is 2.36. The summed E-state index contributed by atoms with van der Waals surface area (Å²) >= 11 is 0. The summed E-state index contributed by atoms with van der Waals surface area (Å²) in [5.74, 6) is -0.685.